The first-order valence-corrected chi connectivity index (χ1v) is 10.4. The molecule has 0 aliphatic carbocycles. The van der Waals surface area contributed by atoms with Gasteiger partial charge in [-0.25, -0.2) is 0 Å². The van der Waals surface area contributed by atoms with E-state index in [9.17, 15) is 4.79 Å². The molecule has 7 heteroatoms. The third-order valence-corrected chi connectivity index (χ3v) is 5.51. The number of carbonyl (C=O) groups is 1. The lowest BCUT2D eigenvalue weighted by Crippen LogP contribution is -2.37. The predicted octanol–water partition coefficient (Wildman–Crippen LogP) is 3.01. The number of amides is 1. The third kappa shape index (κ3) is 4.61. The van der Waals surface area contributed by atoms with Crippen LogP contribution in [0, 0.1) is 6.92 Å². The molecule has 3 aromatic rings. The molecule has 1 amide bonds. The number of thiophene rings is 1. The molecular formula is C21H24N4O2S. The van der Waals surface area contributed by atoms with E-state index < -0.39 is 0 Å². The topological polar surface area (TPSA) is 59.4 Å². The van der Waals surface area contributed by atoms with Crippen LogP contribution in [0.25, 0.3) is 0 Å². The zero-order valence-electron chi connectivity index (χ0n) is 15.9. The van der Waals surface area contributed by atoms with E-state index in [1.165, 1.54) is 11.1 Å². The van der Waals surface area contributed by atoms with Crippen LogP contribution in [0.2, 0.25) is 0 Å². The standard InChI is InChI=1S/C21H24N4O2S/c1-16-6-9-25(23-16)14-21(26)22-8-10-24-12-17-4-2-3-5-19(17)27-20(13-24)18-7-11-28-15-18/h2-7,9,11,15,20H,8,10,12-14H2,1H3,(H,22,26). The monoisotopic (exact) mass is 396 g/mol. The molecule has 0 spiro atoms. The van der Waals surface area contributed by atoms with Gasteiger partial charge in [0, 0.05) is 43.5 Å². The SMILES string of the molecule is Cc1ccn(CC(=O)NCCN2Cc3ccccc3OC(c3ccsc3)C2)n1. The first kappa shape index (κ1) is 18.7. The van der Waals surface area contributed by atoms with E-state index in [1.807, 2.05) is 37.4 Å². The highest BCUT2D eigenvalue weighted by Gasteiger charge is 2.24. The van der Waals surface area contributed by atoms with E-state index in [0.717, 1.165) is 31.1 Å². The Hall–Kier alpha value is -2.64. The van der Waals surface area contributed by atoms with Gasteiger partial charge in [-0.15, -0.1) is 0 Å². The van der Waals surface area contributed by atoms with Crippen LogP contribution in [-0.2, 0) is 17.9 Å². The Morgan fingerprint density at radius 1 is 1.32 bits per heavy atom. The minimum absolute atomic E-state index is 0.00217. The molecule has 146 valence electrons. The molecule has 0 saturated carbocycles. The zero-order valence-corrected chi connectivity index (χ0v) is 16.7. The second-order valence-corrected chi connectivity index (χ2v) is 7.79. The fraction of sp³-hybridized carbons (Fsp3) is 0.333. The molecule has 1 aliphatic heterocycles. The van der Waals surface area contributed by atoms with E-state index >= 15 is 0 Å². The van der Waals surface area contributed by atoms with Crippen molar-refractivity contribution < 1.29 is 9.53 Å². The van der Waals surface area contributed by atoms with Crippen LogP contribution in [0.3, 0.4) is 0 Å². The Bertz CT molecular complexity index is 922. The van der Waals surface area contributed by atoms with Crippen molar-refractivity contribution in [3.8, 4) is 5.75 Å². The lowest BCUT2D eigenvalue weighted by molar-refractivity contribution is -0.121. The number of aryl methyl sites for hydroxylation is 1. The van der Waals surface area contributed by atoms with Crippen molar-refractivity contribution in [2.45, 2.75) is 26.1 Å². The van der Waals surface area contributed by atoms with Crippen molar-refractivity contribution in [2.75, 3.05) is 19.6 Å². The summed E-state index contributed by atoms with van der Waals surface area (Å²) in [4.78, 5) is 14.5. The molecule has 1 atom stereocenters. The lowest BCUT2D eigenvalue weighted by atomic mass is 10.2. The van der Waals surface area contributed by atoms with Crippen molar-refractivity contribution in [3.63, 3.8) is 0 Å². The molecule has 1 aromatic carbocycles. The fourth-order valence-corrected chi connectivity index (χ4v) is 4.09. The highest BCUT2D eigenvalue weighted by molar-refractivity contribution is 7.07. The van der Waals surface area contributed by atoms with E-state index in [4.69, 9.17) is 4.74 Å². The van der Waals surface area contributed by atoms with E-state index in [-0.39, 0.29) is 18.6 Å². The van der Waals surface area contributed by atoms with Gasteiger partial charge < -0.3 is 10.1 Å². The maximum atomic E-state index is 12.2. The number of aromatic nitrogens is 2. The van der Waals surface area contributed by atoms with Crippen LogP contribution in [0.15, 0.2) is 53.4 Å². The number of carbonyl (C=O) groups excluding carboxylic acids is 1. The van der Waals surface area contributed by atoms with Gasteiger partial charge in [-0.3, -0.25) is 14.4 Å². The van der Waals surface area contributed by atoms with Gasteiger partial charge >= 0.3 is 0 Å². The lowest BCUT2D eigenvalue weighted by Gasteiger charge is -2.23. The van der Waals surface area contributed by atoms with Crippen molar-refractivity contribution in [1.82, 2.24) is 20.0 Å². The van der Waals surface area contributed by atoms with Gasteiger partial charge in [0.15, 0.2) is 0 Å². The summed E-state index contributed by atoms with van der Waals surface area (Å²) < 4.78 is 7.97. The molecule has 0 radical (unpaired) electrons. The number of ether oxygens (including phenoxy) is 1. The van der Waals surface area contributed by atoms with Crippen LogP contribution in [-0.4, -0.2) is 40.2 Å². The molecule has 0 fully saturated rings. The summed E-state index contributed by atoms with van der Waals surface area (Å²) in [5.74, 6) is 0.920. The summed E-state index contributed by atoms with van der Waals surface area (Å²) in [6.07, 6.45) is 1.82. The first-order chi connectivity index (χ1) is 13.7. The highest BCUT2D eigenvalue weighted by Crippen LogP contribution is 2.31. The molecule has 1 N–H and O–H groups in total. The molecule has 0 bridgehead atoms. The first-order valence-electron chi connectivity index (χ1n) is 9.43. The molecule has 6 nitrogen and oxygen atoms in total. The van der Waals surface area contributed by atoms with Crippen LogP contribution < -0.4 is 10.1 Å². The number of nitrogens with zero attached hydrogens (tertiary/aromatic N) is 3. The second kappa shape index (κ2) is 8.58. The number of benzene rings is 1. The summed E-state index contributed by atoms with van der Waals surface area (Å²) >= 11 is 1.68. The largest absolute Gasteiger partial charge is 0.484 e. The summed E-state index contributed by atoms with van der Waals surface area (Å²) in [5.41, 5.74) is 3.29. The van der Waals surface area contributed by atoms with Gasteiger partial charge in [-0.1, -0.05) is 18.2 Å². The molecule has 28 heavy (non-hydrogen) atoms. The van der Waals surface area contributed by atoms with Crippen molar-refractivity contribution >= 4 is 17.2 Å². The molecule has 3 heterocycles. The summed E-state index contributed by atoms with van der Waals surface area (Å²) in [5, 5.41) is 11.5. The van der Waals surface area contributed by atoms with Crippen LogP contribution >= 0.6 is 11.3 Å². The minimum Gasteiger partial charge on any atom is -0.484 e. The van der Waals surface area contributed by atoms with E-state index in [1.54, 1.807) is 16.0 Å². The van der Waals surface area contributed by atoms with Crippen molar-refractivity contribution in [1.29, 1.82) is 0 Å². The Morgan fingerprint density at radius 3 is 3.00 bits per heavy atom. The van der Waals surface area contributed by atoms with Crippen molar-refractivity contribution in [3.05, 3.63) is 70.2 Å². The second-order valence-electron chi connectivity index (χ2n) is 7.01. The average molecular weight is 397 g/mol. The van der Waals surface area contributed by atoms with Gasteiger partial charge in [-0.05, 0) is 35.9 Å². The average Bonchev–Trinajstić information content (AvgIpc) is 3.31. The smallest absolute Gasteiger partial charge is 0.241 e. The summed E-state index contributed by atoms with van der Waals surface area (Å²) in [6, 6.07) is 12.2. The van der Waals surface area contributed by atoms with E-state index in [2.05, 4.69) is 38.2 Å². The Balaban J connectivity index is 1.37. The van der Waals surface area contributed by atoms with Crippen LogP contribution in [0.1, 0.15) is 22.9 Å². The Labute approximate surface area is 168 Å². The number of fused-ring (bicyclic) bond motifs is 1. The van der Waals surface area contributed by atoms with Gasteiger partial charge in [0.2, 0.25) is 5.91 Å². The van der Waals surface area contributed by atoms with Crippen LogP contribution in [0.4, 0.5) is 0 Å². The quantitative estimate of drug-likeness (QED) is 0.696. The molecular weight excluding hydrogens is 372 g/mol. The summed E-state index contributed by atoms with van der Waals surface area (Å²) in [6.45, 7) is 5.12. The van der Waals surface area contributed by atoms with Gasteiger partial charge in [0.1, 0.15) is 18.4 Å². The maximum absolute atomic E-state index is 12.2. The molecule has 4 rings (SSSR count). The highest BCUT2D eigenvalue weighted by atomic mass is 32.1. The van der Waals surface area contributed by atoms with Gasteiger partial charge in [-0.2, -0.15) is 16.4 Å². The van der Waals surface area contributed by atoms with Crippen LogP contribution in [0.5, 0.6) is 5.75 Å². The predicted molar refractivity (Wildman–Crippen MR) is 109 cm³/mol. The normalized spacial score (nSPS) is 16.8. The zero-order chi connectivity index (χ0) is 19.3. The Kier molecular flexibility index (Phi) is 5.73. The van der Waals surface area contributed by atoms with Crippen molar-refractivity contribution in [2.24, 2.45) is 0 Å². The maximum Gasteiger partial charge on any atom is 0.241 e. The van der Waals surface area contributed by atoms with Gasteiger partial charge in [0.25, 0.3) is 0 Å². The number of nitrogens with one attached hydrogen (secondary N) is 1. The minimum atomic E-state index is -0.0241. The molecule has 1 aliphatic rings. The Morgan fingerprint density at radius 2 is 2.21 bits per heavy atom. The number of rotatable bonds is 6. The number of hydrogen-bond donors (Lipinski definition) is 1. The number of para-hydroxylation sites is 1. The fourth-order valence-electron chi connectivity index (χ4n) is 3.39. The van der Waals surface area contributed by atoms with E-state index in [0.29, 0.717) is 6.54 Å². The number of hydrogen-bond acceptors (Lipinski definition) is 5. The summed E-state index contributed by atoms with van der Waals surface area (Å²) in [7, 11) is 0. The van der Waals surface area contributed by atoms with Gasteiger partial charge in [0.05, 0.1) is 5.69 Å². The third-order valence-electron chi connectivity index (χ3n) is 4.80. The molecule has 0 saturated heterocycles. The molecule has 2 aromatic heterocycles. The molecule has 1 unspecified atom stereocenters.